The molecule has 0 radical (unpaired) electrons. The monoisotopic (exact) mass is 618 g/mol. The molecule has 0 aromatic rings. The van der Waals surface area contributed by atoms with Gasteiger partial charge >= 0.3 is 5.97 Å². The summed E-state index contributed by atoms with van der Waals surface area (Å²) < 4.78 is 12.2. The molecular weight excluding hydrogens is 560 g/mol. The van der Waals surface area contributed by atoms with Gasteiger partial charge in [-0.15, -0.1) is 0 Å². The van der Waals surface area contributed by atoms with Crippen molar-refractivity contribution >= 4 is 5.97 Å². The first-order valence-corrected chi connectivity index (χ1v) is 17.3. The molecule has 5 N–H and O–H groups in total. The van der Waals surface area contributed by atoms with Gasteiger partial charge in [-0.05, 0) is 122 Å². The molecule has 6 rings (SSSR count). The summed E-state index contributed by atoms with van der Waals surface area (Å²) in [5, 5.41) is 51.7. The molecule has 6 aliphatic rings. The standard InChI is InChI=1S/C36H58O8/c1-19(2)20-10-15-36(31(41)42)17-16-34(6)21(26(20)36)8-9-24-33(5)13-12-25(32(3,4)23(33)11-14-35(24,34)7)44-30-29(40)28(39)27(38)22(18-37)43-30/h20-30,37-40H,1,8-18H2,2-7H3,(H,41,42)/t20-,21+,22+,23-,24+,25-,26+,27-,28-,29+,30-,33-,34+,35+,36-/m0/s1. The van der Waals surface area contributed by atoms with Crippen LogP contribution < -0.4 is 0 Å². The number of ether oxygens (including phenoxy) is 2. The molecule has 15 atom stereocenters. The number of aliphatic hydroxyl groups excluding tert-OH is 4. The number of hydrogen-bond donors (Lipinski definition) is 5. The number of carboxylic acid groups (broad SMARTS) is 1. The zero-order valence-electron chi connectivity index (χ0n) is 27.8. The predicted octanol–water partition coefficient (Wildman–Crippen LogP) is 4.91. The van der Waals surface area contributed by atoms with Crippen LogP contribution in [0.4, 0.5) is 0 Å². The Labute approximate surface area is 263 Å². The number of allylic oxidation sites excluding steroid dienone is 1. The highest BCUT2D eigenvalue weighted by Gasteiger charge is 2.72. The highest BCUT2D eigenvalue weighted by atomic mass is 16.7. The molecule has 5 saturated carbocycles. The van der Waals surface area contributed by atoms with E-state index in [4.69, 9.17) is 9.47 Å². The van der Waals surface area contributed by atoms with Crippen LogP contribution in [0, 0.1) is 56.7 Å². The fraction of sp³-hybridized carbons (Fsp3) is 0.917. The molecule has 8 heteroatoms. The number of aliphatic carboxylic acids is 1. The van der Waals surface area contributed by atoms with Crippen molar-refractivity contribution in [1.29, 1.82) is 0 Å². The maximum Gasteiger partial charge on any atom is 0.309 e. The van der Waals surface area contributed by atoms with E-state index in [1.54, 1.807) is 0 Å². The first kappa shape index (κ1) is 32.9. The zero-order valence-corrected chi connectivity index (χ0v) is 27.8. The van der Waals surface area contributed by atoms with Crippen molar-refractivity contribution in [3.63, 3.8) is 0 Å². The highest BCUT2D eigenvalue weighted by molar-refractivity contribution is 5.76. The summed E-state index contributed by atoms with van der Waals surface area (Å²) in [6, 6.07) is 0. The van der Waals surface area contributed by atoms with E-state index in [1.807, 2.05) is 0 Å². The van der Waals surface area contributed by atoms with Gasteiger partial charge in [0.1, 0.15) is 24.4 Å². The third kappa shape index (κ3) is 4.26. The molecule has 0 amide bonds. The van der Waals surface area contributed by atoms with Gasteiger partial charge in [0.25, 0.3) is 0 Å². The van der Waals surface area contributed by atoms with E-state index in [0.29, 0.717) is 17.8 Å². The first-order valence-electron chi connectivity index (χ1n) is 17.3. The van der Waals surface area contributed by atoms with Crippen LogP contribution in [0.3, 0.4) is 0 Å². The topological polar surface area (TPSA) is 137 Å². The average molecular weight is 619 g/mol. The second-order valence-corrected chi connectivity index (χ2v) is 17.3. The minimum atomic E-state index is -1.45. The Balaban J connectivity index is 1.27. The van der Waals surface area contributed by atoms with Gasteiger partial charge in [-0.1, -0.05) is 46.8 Å². The second kappa shape index (κ2) is 10.7. The van der Waals surface area contributed by atoms with E-state index in [-0.39, 0.29) is 39.6 Å². The molecule has 5 aliphatic carbocycles. The number of rotatable bonds is 5. The van der Waals surface area contributed by atoms with Crippen molar-refractivity contribution < 1.29 is 39.8 Å². The molecule has 0 aromatic heterocycles. The molecular formula is C36H58O8. The molecule has 250 valence electrons. The summed E-state index contributed by atoms with van der Waals surface area (Å²) in [4.78, 5) is 12.9. The Morgan fingerprint density at radius 1 is 0.841 bits per heavy atom. The Morgan fingerprint density at radius 3 is 2.18 bits per heavy atom. The number of carbonyl (C=O) groups is 1. The fourth-order valence-electron chi connectivity index (χ4n) is 13.1. The number of aliphatic hydroxyl groups is 4. The molecule has 8 nitrogen and oxygen atoms in total. The maximum absolute atomic E-state index is 12.9. The average Bonchev–Trinajstić information content (AvgIpc) is 3.36. The van der Waals surface area contributed by atoms with E-state index >= 15 is 0 Å². The maximum atomic E-state index is 12.9. The van der Waals surface area contributed by atoms with Gasteiger partial charge in [0, 0.05) is 0 Å². The van der Waals surface area contributed by atoms with Gasteiger partial charge < -0.3 is 35.0 Å². The third-order valence-electron chi connectivity index (χ3n) is 15.6. The SMILES string of the molecule is C=C(C)[C@@H]1CC[C@]2(C(=O)O)CC[C@]3(C)[C@H](CC[C@@H]4[C@@]5(C)CC[C@H](O[C@@H]6O[C@H](CO)[C@H](O)[C@H](O)[C@H]6O)C(C)(C)[C@@H]5CC[C@]43C)[C@@H]12. The lowest BCUT2D eigenvalue weighted by Crippen LogP contribution is -2.67. The number of hydrogen-bond acceptors (Lipinski definition) is 7. The third-order valence-corrected chi connectivity index (χ3v) is 15.6. The van der Waals surface area contributed by atoms with E-state index in [0.717, 1.165) is 69.8 Å². The van der Waals surface area contributed by atoms with Gasteiger partial charge in [-0.25, -0.2) is 0 Å². The fourth-order valence-corrected chi connectivity index (χ4v) is 13.1. The van der Waals surface area contributed by atoms with Gasteiger partial charge in [0.15, 0.2) is 6.29 Å². The smallest absolute Gasteiger partial charge is 0.309 e. The summed E-state index contributed by atoms with van der Waals surface area (Å²) in [6.07, 6.45) is 3.05. The van der Waals surface area contributed by atoms with E-state index in [9.17, 15) is 30.3 Å². The van der Waals surface area contributed by atoms with Gasteiger partial charge in [-0.3, -0.25) is 4.79 Å². The summed E-state index contributed by atoms with van der Waals surface area (Å²) in [6.45, 7) is 18.1. The largest absolute Gasteiger partial charge is 0.481 e. The van der Waals surface area contributed by atoms with Crippen LogP contribution >= 0.6 is 0 Å². The zero-order chi connectivity index (χ0) is 32.2. The highest BCUT2D eigenvalue weighted by Crippen LogP contribution is 2.77. The summed E-state index contributed by atoms with van der Waals surface area (Å²) in [7, 11) is 0. The molecule has 1 saturated heterocycles. The lowest BCUT2D eigenvalue weighted by atomic mass is 9.32. The van der Waals surface area contributed by atoms with E-state index in [2.05, 4.69) is 48.1 Å². The van der Waals surface area contributed by atoms with Crippen molar-refractivity contribution in [3.8, 4) is 0 Å². The Kier molecular flexibility index (Phi) is 8.03. The molecule has 1 aliphatic heterocycles. The van der Waals surface area contributed by atoms with Crippen molar-refractivity contribution in [2.24, 2.45) is 56.7 Å². The van der Waals surface area contributed by atoms with Crippen LogP contribution in [0.1, 0.15) is 106 Å². The van der Waals surface area contributed by atoms with Gasteiger partial charge in [-0.2, -0.15) is 0 Å². The van der Waals surface area contributed by atoms with Gasteiger partial charge in [0.2, 0.25) is 0 Å². The first-order chi connectivity index (χ1) is 20.5. The Bertz CT molecular complexity index is 1150. The van der Waals surface area contributed by atoms with E-state index < -0.39 is 48.7 Å². The van der Waals surface area contributed by atoms with Crippen LogP contribution in [-0.4, -0.2) is 74.9 Å². The van der Waals surface area contributed by atoms with Crippen LogP contribution in [0.5, 0.6) is 0 Å². The normalized spacial score (nSPS) is 54.8. The van der Waals surface area contributed by atoms with Crippen LogP contribution in [0.25, 0.3) is 0 Å². The molecule has 44 heavy (non-hydrogen) atoms. The minimum absolute atomic E-state index is 0.0688. The molecule has 0 unspecified atom stereocenters. The summed E-state index contributed by atoms with van der Waals surface area (Å²) >= 11 is 0. The summed E-state index contributed by atoms with van der Waals surface area (Å²) in [5.41, 5.74) is 0.579. The van der Waals surface area contributed by atoms with Crippen molar-refractivity contribution in [1.82, 2.24) is 0 Å². The molecule has 0 bridgehead atoms. The quantitative estimate of drug-likeness (QED) is 0.217. The van der Waals surface area contributed by atoms with Crippen molar-refractivity contribution in [2.45, 2.75) is 143 Å². The van der Waals surface area contributed by atoms with Crippen molar-refractivity contribution in [2.75, 3.05) is 6.61 Å². The number of fused-ring (bicyclic) bond motifs is 7. The predicted molar refractivity (Wildman–Crippen MR) is 165 cm³/mol. The minimum Gasteiger partial charge on any atom is -0.481 e. The molecule has 0 spiro atoms. The summed E-state index contributed by atoms with van der Waals surface area (Å²) in [5.74, 6) is 1.15. The lowest BCUT2D eigenvalue weighted by Gasteiger charge is -2.73. The molecule has 0 aromatic carbocycles. The second-order valence-electron chi connectivity index (χ2n) is 17.3. The molecule has 1 heterocycles. The Morgan fingerprint density at radius 2 is 1.55 bits per heavy atom. The molecule has 6 fully saturated rings. The van der Waals surface area contributed by atoms with Crippen LogP contribution in [0.2, 0.25) is 0 Å². The van der Waals surface area contributed by atoms with Gasteiger partial charge in [0.05, 0.1) is 18.1 Å². The Hall–Kier alpha value is -1.03. The van der Waals surface area contributed by atoms with Crippen LogP contribution in [0.15, 0.2) is 12.2 Å². The van der Waals surface area contributed by atoms with E-state index in [1.165, 1.54) is 0 Å². The lowest BCUT2D eigenvalue weighted by molar-refractivity contribution is -0.331. The van der Waals surface area contributed by atoms with Crippen molar-refractivity contribution in [3.05, 3.63) is 12.2 Å². The van der Waals surface area contributed by atoms with Crippen LogP contribution in [-0.2, 0) is 14.3 Å². The number of carboxylic acids is 1.